The molecule has 0 aromatic carbocycles. The number of hydrogen-bond donors (Lipinski definition) is 0. The van der Waals surface area contributed by atoms with Crippen LogP contribution in [-0.2, 0) is 14.3 Å². The molecule has 1 aromatic heterocycles. The lowest BCUT2D eigenvalue weighted by Crippen LogP contribution is -2.47. The standard InChI is InChI=1S/C15H19NO4/c1-11-6-7-12(20-11)8-9-14(17)16-10-4-3-5-13(16)15(18)19-2/h6-9,13H,3-5,10H2,1-2H3. The summed E-state index contributed by atoms with van der Waals surface area (Å²) in [6.07, 6.45) is 5.57. The molecule has 1 aliphatic rings. The average molecular weight is 277 g/mol. The number of furan rings is 1. The zero-order valence-electron chi connectivity index (χ0n) is 11.8. The van der Waals surface area contributed by atoms with Gasteiger partial charge in [-0.3, -0.25) is 4.79 Å². The zero-order chi connectivity index (χ0) is 14.5. The molecule has 0 N–H and O–H groups in total. The lowest BCUT2D eigenvalue weighted by atomic mass is 10.0. The fraction of sp³-hybridized carbons (Fsp3) is 0.467. The SMILES string of the molecule is COC(=O)C1CCCCN1C(=O)C=Cc1ccc(C)o1. The monoisotopic (exact) mass is 277 g/mol. The van der Waals surface area contributed by atoms with E-state index in [-0.39, 0.29) is 11.9 Å². The first-order chi connectivity index (χ1) is 9.61. The highest BCUT2D eigenvalue weighted by atomic mass is 16.5. The van der Waals surface area contributed by atoms with Crippen LogP contribution < -0.4 is 0 Å². The van der Waals surface area contributed by atoms with Crippen molar-refractivity contribution in [3.8, 4) is 0 Å². The van der Waals surface area contributed by atoms with Crippen LogP contribution in [-0.4, -0.2) is 36.5 Å². The van der Waals surface area contributed by atoms with Crippen LogP contribution in [0.3, 0.4) is 0 Å². The molecule has 0 aliphatic carbocycles. The van der Waals surface area contributed by atoms with Crippen molar-refractivity contribution in [2.45, 2.75) is 32.2 Å². The van der Waals surface area contributed by atoms with Gasteiger partial charge in [0.2, 0.25) is 5.91 Å². The van der Waals surface area contributed by atoms with Crippen molar-refractivity contribution in [2.75, 3.05) is 13.7 Å². The van der Waals surface area contributed by atoms with Gasteiger partial charge in [0.15, 0.2) is 0 Å². The quantitative estimate of drug-likeness (QED) is 0.627. The molecule has 5 nitrogen and oxygen atoms in total. The lowest BCUT2D eigenvalue weighted by Gasteiger charge is -2.32. The Hall–Kier alpha value is -2.04. The van der Waals surface area contributed by atoms with Crippen LogP contribution >= 0.6 is 0 Å². The third-order valence-corrected chi connectivity index (χ3v) is 3.41. The molecular formula is C15H19NO4. The van der Waals surface area contributed by atoms with E-state index in [4.69, 9.17) is 9.15 Å². The number of amides is 1. The van der Waals surface area contributed by atoms with Crippen molar-refractivity contribution in [1.82, 2.24) is 4.90 Å². The van der Waals surface area contributed by atoms with Crippen LogP contribution in [0.15, 0.2) is 22.6 Å². The second-order valence-corrected chi connectivity index (χ2v) is 4.85. The molecule has 0 bridgehead atoms. The number of hydrogen-bond acceptors (Lipinski definition) is 4. The van der Waals surface area contributed by atoms with E-state index in [0.717, 1.165) is 18.6 Å². The maximum absolute atomic E-state index is 12.2. The lowest BCUT2D eigenvalue weighted by molar-refractivity contribution is -0.153. The third-order valence-electron chi connectivity index (χ3n) is 3.41. The van der Waals surface area contributed by atoms with E-state index in [1.165, 1.54) is 13.2 Å². The van der Waals surface area contributed by atoms with E-state index < -0.39 is 6.04 Å². The van der Waals surface area contributed by atoms with Crippen LogP contribution in [0, 0.1) is 6.92 Å². The maximum Gasteiger partial charge on any atom is 0.328 e. The molecule has 1 aliphatic heterocycles. The molecule has 5 heteroatoms. The number of likely N-dealkylation sites (tertiary alicyclic amines) is 1. The summed E-state index contributed by atoms with van der Waals surface area (Å²) in [6.45, 7) is 2.43. The first-order valence-electron chi connectivity index (χ1n) is 6.75. The summed E-state index contributed by atoms with van der Waals surface area (Å²) < 4.78 is 10.1. The Balaban J connectivity index is 2.06. The molecule has 1 fully saturated rings. The summed E-state index contributed by atoms with van der Waals surface area (Å²) in [7, 11) is 1.35. The first kappa shape index (κ1) is 14.4. The number of esters is 1. The number of piperidine rings is 1. The molecule has 0 saturated carbocycles. The summed E-state index contributed by atoms with van der Waals surface area (Å²) in [4.78, 5) is 25.5. The van der Waals surface area contributed by atoms with Crippen LogP contribution in [0.2, 0.25) is 0 Å². The summed E-state index contributed by atoms with van der Waals surface area (Å²) in [5.74, 6) is 0.888. The Labute approximate surface area is 118 Å². The number of methoxy groups -OCH3 is 1. The van der Waals surface area contributed by atoms with Crippen LogP contribution in [0.1, 0.15) is 30.8 Å². The van der Waals surface area contributed by atoms with E-state index >= 15 is 0 Å². The molecule has 108 valence electrons. The number of aryl methyl sites for hydroxylation is 1. The normalized spacial score (nSPS) is 19.3. The van der Waals surface area contributed by atoms with Crippen LogP contribution in [0.25, 0.3) is 6.08 Å². The average Bonchev–Trinajstić information content (AvgIpc) is 2.89. The number of rotatable bonds is 3. The minimum atomic E-state index is -0.468. The van der Waals surface area contributed by atoms with Crippen molar-refractivity contribution in [3.63, 3.8) is 0 Å². The van der Waals surface area contributed by atoms with Gasteiger partial charge in [-0.1, -0.05) is 0 Å². The van der Waals surface area contributed by atoms with Gasteiger partial charge in [-0.15, -0.1) is 0 Å². The zero-order valence-corrected chi connectivity index (χ0v) is 11.8. The predicted octanol–water partition coefficient (Wildman–Crippen LogP) is 2.16. The molecule has 20 heavy (non-hydrogen) atoms. The number of carbonyl (C=O) groups is 2. The Bertz CT molecular complexity index is 518. The summed E-state index contributed by atoms with van der Waals surface area (Å²) >= 11 is 0. The van der Waals surface area contributed by atoms with Crippen molar-refractivity contribution >= 4 is 18.0 Å². The molecule has 2 rings (SSSR count). The summed E-state index contributed by atoms with van der Waals surface area (Å²) in [5.41, 5.74) is 0. The van der Waals surface area contributed by atoms with E-state index in [9.17, 15) is 9.59 Å². The number of ether oxygens (including phenoxy) is 1. The highest BCUT2D eigenvalue weighted by Crippen LogP contribution is 2.19. The molecule has 1 aromatic rings. The largest absolute Gasteiger partial charge is 0.467 e. The topological polar surface area (TPSA) is 59.8 Å². The molecule has 1 unspecified atom stereocenters. The van der Waals surface area contributed by atoms with Crippen molar-refractivity contribution in [2.24, 2.45) is 0 Å². The summed E-state index contributed by atoms with van der Waals surface area (Å²) in [6, 6.07) is 3.17. The number of nitrogens with zero attached hydrogens (tertiary/aromatic N) is 1. The van der Waals surface area contributed by atoms with Crippen LogP contribution in [0.5, 0.6) is 0 Å². The smallest absolute Gasteiger partial charge is 0.328 e. The fourth-order valence-corrected chi connectivity index (χ4v) is 2.37. The van der Waals surface area contributed by atoms with Gasteiger partial charge in [0.05, 0.1) is 7.11 Å². The van der Waals surface area contributed by atoms with Gasteiger partial charge in [0.25, 0.3) is 0 Å². The second kappa shape index (κ2) is 6.41. The minimum Gasteiger partial charge on any atom is -0.467 e. The van der Waals surface area contributed by atoms with Gasteiger partial charge in [-0.25, -0.2) is 4.79 Å². The summed E-state index contributed by atoms with van der Waals surface area (Å²) in [5, 5.41) is 0. The first-order valence-corrected chi connectivity index (χ1v) is 6.75. The molecule has 0 radical (unpaired) electrons. The van der Waals surface area contributed by atoms with Gasteiger partial charge in [0.1, 0.15) is 17.6 Å². The Morgan fingerprint density at radius 1 is 1.40 bits per heavy atom. The molecule has 2 heterocycles. The molecule has 1 amide bonds. The maximum atomic E-state index is 12.2. The molecular weight excluding hydrogens is 258 g/mol. The van der Waals surface area contributed by atoms with Gasteiger partial charge in [-0.05, 0) is 44.4 Å². The van der Waals surface area contributed by atoms with Crippen molar-refractivity contribution < 1.29 is 18.7 Å². The predicted molar refractivity (Wildman–Crippen MR) is 73.8 cm³/mol. The van der Waals surface area contributed by atoms with Crippen molar-refractivity contribution in [1.29, 1.82) is 0 Å². The van der Waals surface area contributed by atoms with Gasteiger partial charge >= 0.3 is 5.97 Å². The van der Waals surface area contributed by atoms with E-state index in [2.05, 4.69) is 0 Å². The molecule has 0 spiro atoms. The van der Waals surface area contributed by atoms with Crippen molar-refractivity contribution in [3.05, 3.63) is 29.7 Å². The Morgan fingerprint density at radius 2 is 2.20 bits per heavy atom. The van der Waals surface area contributed by atoms with E-state index in [1.807, 2.05) is 13.0 Å². The fourth-order valence-electron chi connectivity index (χ4n) is 2.37. The second-order valence-electron chi connectivity index (χ2n) is 4.85. The third kappa shape index (κ3) is 3.29. The van der Waals surface area contributed by atoms with E-state index in [0.29, 0.717) is 18.7 Å². The minimum absolute atomic E-state index is 0.186. The van der Waals surface area contributed by atoms with Gasteiger partial charge in [0, 0.05) is 12.6 Å². The highest BCUT2D eigenvalue weighted by molar-refractivity contribution is 5.94. The Morgan fingerprint density at radius 3 is 2.85 bits per heavy atom. The molecule has 1 saturated heterocycles. The van der Waals surface area contributed by atoms with E-state index in [1.54, 1.807) is 17.0 Å². The Kier molecular flexibility index (Phi) is 4.61. The number of carbonyl (C=O) groups excluding carboxylic acids is 2. The highest BCUT2D eigenvalue weighted by Gasteiger charge is 2.31. The van der Waals surface area contributed by atoms with Gasteiger partial charge < -0.3 is 14.1 Å². The van der Waals surface area contributed by atoms with Crippen LogP contribution in [0.4, 0.5) is 0 Å². The van der Waals surface area contributed by atoms with Gasteiger partial charge in [-0.2, -0.15) is 0 Å². The molecule has 1 atom stereocenters.